The number of pyridine rings is 1. The van der Waals surface area contributed by atoms with Crippen molar-refractivity contribution in [3.8, 4) is 11.1 Å². The van der Waals surface area contributed by atoms with Gasteiger partial charge >= 0.3 is 0 Å². The molecule has 1 fully saturated rings. The molecule has 4 aromatic rings. The quantitative estimate of drug-likeness (QED) is 0.384. The molecule has 1 aliphatic rings. The van der Waals surface area contributed by atoms with Gasteiger partial charge in [0.15, 0.2) is 5.78 Å². The molecule has 1 atom stereocenters. The highest BCUT2D eigenvalue weighted by molar-refractivity contribution is 6.33. The number of carbonyl (C=O) groups is 1. The number of hydrogen-bond acceptors (Lipinski definition) is 6. The molecule has 3 heterocycles. The van der Waals surface area contributed by atoms with E-state index in [9.17, 15) is 4.79 Å². The summed E-state index contributed by atoms with van der Waals surface area (Å²) in [6.07, 6.45) is 3.49. The maximum Gasteiger partial charge on any atom is 0.170 e. The minimum absolute atomic E-state index is 0.00375. The van der Waals surface area contributed by atoms with Crippen LogP contribution in [0.25, 0.3) is 22.2 Å². The number of nitrogens with two attached hydrogens (primary N) is 1. The van der Waals surface area contributed by atoms with Crippen LogP contribution < -0.4 is 5.73 Å². The summed E-state index contributed by atoms with van der Waals surface area (Å²) < 4.78 is 4.93. The molecule has 33 heavy (non-hydrogen) atoms. The number of para-hydroxylation sites is 2. The molecule has 0 spiro atoms. The topological polar surface area (TPSA) is 114 Å². The second kappa shape index (κ2) is 10.6. The summed E-state index contributed by atoms with van der Waals surface area (Å²) in [6, 6.07) is 16.7. The van der Waals surface area contributed by atoms with Crippen LogP contribution in [0.15, 0.2) is 60.8 Å². The third kappa shape index (κ3) is 5.96. The SMILES string of the molecule is Nc1cc(-c2ccc(C(=O)Cc3nc4ccccc4[nH]3)cc2)c(Cl)cn1.OC1CCCOC1. The number of aromatic nitrogens is 3. The van der Waals surface area contributed by atoms with Gasteiger partial charge < -0.3 is 20.6 Å². The molecule has 0 radical (unpaired) electrons. The fourth-order valence-corrected chi connectivity index (χ4v) is 3.79. The van der Waals surface area contributed by atoms with E-state index in [0.29, 0.717) is 28.8 Å². The number of anilines is 1. The number of aliphatic hydroxyl groups is 1. The second-order valence-electron chi connectivity index (χ2n) is 7.84. The Bertz CT molecular complexity index is 1200. The van der Waals surface area contributed by atoms with Gasteiger partial charge in [-0.2, -0.15) is 0 Å². The smallest absolute Gasteiger partial charge is 0.170 e. The van der Waals surface area contributed by atoms with Gasteiger partial charge in [-0.25, -0.2) is 9.97 Å². The average Bonchev–Trinajstić information content (AvgIpc) is 3.24. The summed E-state index contributed by atoms with van der Waals surface area (Å²) in [5, 5.41) is 9.30. The minimum atomic E-state index is -0.186. The largest absolute Gasteiger partial charge is 0.391 e. The van der Waals surface area contributed by atoms with Crippen molar-refractivity contribution in [2.45, 2.75) is 25.4 Å². The number of nitrogen functional groups attached to an aromatic ring is 1. The number of H-pyrrole nitrogens is 1. The molecular formula is C25H25ClN4O3. The molecule has 0 amide bonds. The number of Topliss-reactive ketones (excluding diaryl/α,β-unsaturated/α-hetero) is 1. The lowest BCUT2D eigenvalue weighted by atomic mass is 10.0. The molecule has 8 heteroatoms. The van der Waals surface area contributed by atoms with Gasteiger partial charge in [0, 0.05) is 23.9 Å². The Morgan fingerprint density at radius 3 is 2.67 bits per heavy atom. The first kappa shape index (κ1) is 22.9. The zero-order valence-electron chi connectivity index (χ0n) is 18.0. The summed E-state index contributed by atoms with van der Waals surface area (Å²) in [4.78, 5) is 24.1. The number of carbonyl (C=O) groups excluding carboxylic acids is 1. The second-order valence-corrected chi connectivity index (χ2v) is 8.25. The Balaban J connectivity index is 0.000000318. The van der Waals surface area contributed by atoms with E-state index in [4.69, 9.17) is 27.2 Å². The number of imidazole rings is 1. The Labute approximate surface area is 196 Å². The third-order valence-corrected chi connectivity index (χ3v) is 5.60. The van der Waals surface area contributed by atoms with Gasteiger partial charge in [0.05, 0.1) is 35.2 Å². The van der Waals surface area contributed by atoms with Crippen molar-refractivity contribution in [1.82, 2.24) is 15.0 Å². The first-order chi connectivity index (χ1) is 16.0. The first-order valence-electron chi connectivity index (χ1n) is 10.7. The zero-order chi connectivity index (χ0) is 23.2. The van der Waals surface area contributed by atoms with E-state index in [1.165, 1.54) is 6.20 Å². The molecule has 1 unspecified atom stereocenters. The van der Waals surface area contributed by atoms with E-state index in [2.05, 4.69) is 15.0 Å². The van der Waals surface area contributed by atoms with E-state index < -0.39 is 0 Å². The molecule has 1 saturated heterocycles. The molecule has 7 nitrogen and oxygen atoms in total. The van der Waals surface area contributed by atoms with Crippen LogP contribution in [0.4, 0.5) is 5.82 Å². The monoisotopic (exact) mass is 464 g/mol. The fourth-order valence-electron chi connectivity index (χ4n) is 3.58. The Kier molecular flexibility index (Phi) is 7.34. The lowest BCUT2D eigenvalue weighted by molar-refractivity contribution is -0.00535. The number of halogens is 1. The number of nitrogens with one attached hydrogen (secondary N) is 1. The molecule has 4 N–H and O–H groups in total. The van der Waals surface area contributed by atoms with E-state index in [1.54, 1.807) is 18.2 Å². The third-order valence-electron chi connectivity index (χ3n) is 5.30. The fraction of sp³-hybridized carbons (Fsp3) is 0.240. The Morgan fingerprint density at radius 1 is 1.21 bits per heavy atom. The van der Waals surface area contributed by atoms with E-state index in [-0.39, 0.29) is 18.3 Å². The van der Waals surface area contributed by atoms with Crippen LogP contribution in [-0.4, -0.2) is 45.2 Å². The Morgan fingerprint density at radius 2 is 2.00 bits per heavy atom. The van der Waals surface area contributed by atoms with Gasteiger partial charge in [0.1, 0.15) is 11.6 Å². The summed E-state index contributed by atoms with van der Waals surface area (Å²) >= 11 is 6.18. The summed E-state index contributed by atoms with van der Waals surface area (Å²) in [5.41, 5.74) is 9.79. The molecule has 2 aromatic heterocycles. The number of fused-ring (bicyclic) bond motifs is 1. The van der Waals surface area contributed by atoms with Crippen LogP contribution >= 0.6 is 11.6 Å². The maximum absolute atomic E-state index is 12.5. The van der Waals surface area contributed by atoms with E-state index >= 15 is 0 Å². The number of rotatable bonds is 4. The van der Waals surface area contributed by atoms with Gasteiger partial charge in [-0.15, -0.1) is 0 Å². The lowest BCUT2D eigenvalue weighted by Crippen LogP contribution is -2.21. The number of hydrogen-bond donors (Lipinski definition) is 3. The maximum atomic E-state index is 12.5. The van der Waals surface area contributed by atoms with Gasteiger partial charge in [0.25, 0.3) is 0 Å². The predicted octanol–water partition coefficient (Wildman–Crippen LogP) is 4.44. The van der Waals surface area contributed by atoms with Crippen molar-refractivity contribution in [3.05, 3.63) is 77.2 Å². The van der Waals surface area contributed by atoms with Gasteiger partial charge in [0.2, 0.25) is 0 Å². The lowest BCUT2D eigenvalue weighted by Gasteiger charge is -2.15. The van der Waals surface area contributed by atoms with Crippen molar-refractivity contribution in [2.75, 3.05) is 18.9 Å². The molecule has 1 aliphatic heterocycles. The molecule has 2 aromatic carbocycles. The predicted molar refractivity (Wildman–Crippen MR) is 129 cm³/mol. The van der Waals surface area contributed by atoms with Crippen molar-refractivity contribution in [2.24, 2.45) is 0 Å². The summed E-state index contributed by atoms with van der Waals surface area (Å²) in [7, 11) is 0. The van der Waals surface area contributed by atoms with Crippen LogP contribution in [0.5, 0.6) is 0 Å². The highest BCUT2D eigenvalue weighted by Gasteiger charge is 2.12. The summed E-state index contributed by atoms with van der Waals surface area (Å²) in [6.45, 7) is 1.37. The van der Waals surface area contributed by atoms with Crippen LogP contribution in [0.3, 0.4) is 0 Å². The number of aliphatic hydroxyl groups excluding tert-OH is 1. The highest BCUT2D eigenvalue weighted by atomic mass is 35.5. The number of ketones is 1. The minimum Gasteiger partial charge on any atom is -0.391 e. The summed E-state index contributed by atoms with van der Waals surface area (Å²) in [5.74, 6) is 1.05. The van der Waals surface area contributed by atoms with E-state index in [1.807, 2.05) is 36.4 Å². The molecular weight excluding hydrogens is 440 g/mol. The van der Waals surface area contributed by atoms with Crippen molar-refractivity contribution in [3.63, 3.8) is 0 Å². The van der Waals surface area contributed by atoms with Gasteiger partial charge in [-0.05, 0) is 36.6 Å². The average molecular weight is 465 g/mol. The van der Waals surface area contributed by atoms with Gasteiger partial charge in [-0.1, -0.05) is 48.0 Å². The first-order valence-corrected chi connectivity index (χ1v) is 11.1. The number of benzene rings is 2. The zero-order valence-corrected chi connectivity index (χ0v) is 18.8. The Hall–Kier alpha value is -3.26. The highest BCUT2D eigenvalue weighted by Crippen LogP contribution is 2.28. The number of ether oxygens (including phenoxy) is 1. The molecule has 0 aliphatic carbocycles. The molecule has 0 bridgehead atoms. The van der Waals surface area contributed by atoms with E-state index in [0.717, 1.165) is 41.6 Å². The number of nitrogens with zero attached hydrogens (tertiary/aromatic N) is 2. The standard InChI is InChI=1S/C20H15ClN4O.C5H10O2/c21-15-11-23-19(22)9-14(15)12-5-7-13(8-6-12)18(26)10-20-24-16-3-1-2-4-17(16)25-20;6-5-2-1-3-7-4-5/h1-9,11H,10H2,(H2,22,23)(H,24,25);5-6H,1-4H2. The van der Waals surface area contributed by atoms with Crippen LogP contribution in [0, 0.1) is 0 Å². The van der Waals surface area contributed by atoms with Crippen LogP contribution in [0.1, 0.15) is 29.0 Å². The van der Waals surface area contributed by atoms with Gasteiger partial charge in [-0.3, -0.25) is 4.79 Å². The number of aromatic amines is 1. The van der Waals surface area contributed by atoms with Crippen molar-refractivity contribution in [1.29, 1.82) is 0 Å². The molecule has 5 rings (SSSR count). The van der Waals surface area contributed by atoms with Crippen molar-refractivity contribution >= 4 is 34.2 Å². The van der Waals surface area contributed by atoms with Crippen LogP contribution in [0.2, 0.25) is 5.02 Å². The van der Waals surface area contributed by atoms with Crippen LogP contribution in [-0.2, 0) is 11.2 Å². The van der Waals surface area contributed by atoms with Crippen molar-refractivity contribution < 1.29 is 14.6 Å². The molecule has 170 valence electrons. The molecule has 0 saturated carbocycles. The normalized spacial score (nSPS) is 15.6.